The molecule has 2 aromatic rings. The van der Waals surface area contributed by atoms with Crippen molar-refractivity contribution in [2.45, 2.75) is 0 Å². The Kier molecular flexibility index (Phi) is 6.57. The number of rotatable bonds is 7. The molecule has 0 heterocycles. The van der Waals surface area contributed by atoms with E-state index in [1.54, 1.807) is 0 Å². The lowest BCUT2D eigenvalue weighted by molar-refractivity contribution is 0.374. The number of methoxy groups -OCH3 is 3. The zero-order chi connectivity index (χ0) is 21.9. The van der Waals surface area contributed by atoms with Gasteiger partial charge in [0, 0.05) is 12.1 Å². The standard InChI is InChI=1S/C17H14F5NO5S/c1-26-8-6-10(27-2)9(11(7-8)28-3)4-5-29(24,25)23-17-15(21)13(19)12(18)14(20)16(17)22/h4-7,23H,1-3H3/b5-4+. The van der Waals surface area contributed by atoms with Gasteiger partial charge >= 0.3 is 0 Å². The highest BCUT2D eigenvalue weighted by Gasteiger charge is 2.27. The zero-order valence-corrected chi connectivity index (χ0v) is 16.0. The quantitative estimate of drug-likeness (QED) is 0.404. The summed E-state index contributed by atoms with van der Waals surface area (Å²) in [6.45, 7) is 0. The van der Waals surface area contributed by atoms with Gasteiger partial charge in [-0.2, -0.15) is 0 Å². The molecule has 0 aliphatic heterocycles. The van der Waals surface area contributed by atoms with Crippen molar-refractivity contribution in [3.63, 3.8) is 0 Å². The molecule has 0 saturated heterocycles. The molecule has 0 saturated carbocycles. The summed E-state index contributed by atoms with van der Waals surface area (Å²) in [5, 5.41) is 0.442. The molecule has 29 heavy (non-hydrogen) atoms. The van der Waals surface area contributed by atoms with E-state index in [-0.39, 0.29) is 17.1 Å². The van der Waals surface area contributed by atoms with Gasteiger partial charge < -0.3 is 14.2 Å². The van der Waals surface area contributed by atoms with Crippen LogP contribution in [-0.4, -0.2) is 29.7 Å². The van der Waals surface area contributed by atoms with Gasteiger partial charge in [0.15, 0.2) is 23.3 Å². The topological polar surface area (TPSA) is 73.9 Å². The normalized spacial score (nSPS) is 11.6. The summed E-state index contributed by atoms with van der Waals surface area (Å²) in [7, 11) is -0.752. The van der Waals surface area contributed by atoms with Gasteiger partial charge in [-0.3, -0.25) is 4.72 Å². The van der Waals surface area contributed by atoms with Gasteiger partial charge in [0.05, 0.1) is 32.3 Å². The van der Waals surface area contributed by atoms with E-state index >= 15 is 0 Å². The highest BCUT2D eigenvalue weighted by Crippen LogP contribution is 2.35. The molecule has 2 aromatic carbocycles. The van der Waals surface area contributed by atoms with Crippen LogP contribution in [-0.2, 0) is 10.0 Å². The molecular formula is C17H14F5NO5S. The van der Waals surface area contributed by atoms with Gasteiger partial charge in [-0.1, -0.05) is 0 Å². The monoisotopic (exact) mass is 439 g/mol. The van der Waals surface area contributed by atoms with Crippen LogP contribution in [0.15, 0.2) is 17.5 Å². The van der Waals surface area contributed by atoms with Crippen LogP contribution in [0.5, 0.6) is 17.2 Å². The van der Waals surface area contributed by atoms with Gasteiger partial charge in [-0.05, 0) is 6.08 Å². The van der Waals surface area contributed by atoms with Crippen LogP contribution in [0.1, 0.15) is 5.56 Å². The molecule has 0 spiro atoms. The van der Waals surface area contributed by atoms with Crippen LogP contribution < -0.4 is 18.9 Å². The number of nitrogens with one attached hydrogen (secondary N) is 1. The van der Waals surface area contributed by atoms with E-state index in [0.717, 1.165) is 6.08 Å². The molecule has 0 atom stereocenters. The molecule has 0 aromatic heterocycles. The average molecular weight is 439 g/mol. The maximum Gasteiger partial charge on any atom is 0.255 e. The summed E-state index contributed by atoms with van der Waals surface area (Å²) in [6.07, 6.45) is 0.950. The van der Waals surface area contributed by atoms with E-state index < -0.39 is 44.8 Å². The second-order valence-corrected chi connectivity index (χ2v) is 6.91. The number of sulfonamides is 1. The summed E-state index contributed by atoms with van der Waals surface area (Å²) >= 11 is 0. The average Bonchev–Trinajstić information content (AvgIpc) is 2.71. The van der Waals surface area contributed by atoms with E-state index in [1.165, 1.54) is 38.2 Å². The van der Waals surface area contributed by atoms with Crippen LogP contribution in [0.4, 0.5) is 27.6 Å². The van der Waals surface area contributed by atoms with Gasteiger partial charge in [0.25, 0.3) is 10.0 Å². The molecule has 0 fully saturated rings. The van der Waals surface area contributed by atoms with E-state index in [1.807, 2.05) is 0 Å². The van der Waals surface area contributed by atoms with Crippen LogP contribution in [0.25, 0.3) is 6.08 Å². The Morgan fingerprint density at radius 3 is 1.66 bits per heavy atom. The summed E-state index contributed by atoms with van der Waals surface area (Å²) < 4.78 is 108. The van der Waals surface area contributed by atoms with Crippen LogP contribution in [0, 0.1) is 29.1 Å². The predicted octanol–water partition coefficient (Wildman–Crippen LogP) is 3.82. The van der Waals surface area contributed by atoms with E-state index in [0.29, 0.717) is 11.2 Å². The first-order valence-electron chi connectivity index (χ1n) is 7.58. The third-order valence-corrected chi connectivity index (χ3v) is 4.60. The Hall–Kier alpha value is -3.02. The molecule has 1 N–H and O–H groups in total. The van der Waals surface area contributed by atoms with Crippen molar-refractivity contribution in [2.75, 3.05) is 26.1 Å². The third-order valence-electron chi connectivity index (χ3n) is 3.62. The van der Waals surface area contributed by atoms with Gasteiger partial charge in [-0.15, -0.1) is 0 Å². The molecule has 158 valence electrons. The molecule has 0 radical (unpaired) electrons. The zero-order valence-electron chi connectivity index (χ0n) is 15.1. The lowest BCUT2D eigenvalue weighted by Crippen LogP contribution is -2.15. The molecule has 0 aliphatic rings. The highest BCUT2D eigenvalue weighted by atomic mass is 32.2. The number of anilines is 1. The molecule has 0 unspecified atom stereocenters. The summed E-state index contributed by atoms with van der Waals surface area (Å²) in [5.41, 5.74) is -1.60. The Morgan fingerprint density at radius 2 is 1.24 bits per heavy atom. The molecule has 0 bridgehead atoms. The fraction of sp³-hybridized carbons (Fsp3) is 0.176. The fourth-order valence-corrected chi connectivity index (χ4v) is 3.07. The smallest absolute Gasteiger partial charge is 0.255 e. The first kappa shape index (κ1) is 22.3. The molecule has 0 amide bonds. The minimum absolute atomic E-state index is 0.110. The number of benzene rings is 2. The SMILES string of the molecule is COc1cc(OC)c(/C=C/S(=O)(=O)Nc2c(F)c(F)c(F)c(F)c2F)c(OC)c1. The van der Waals surface area contributed by atoms with Crippen molar-refractivity contribution in [1.82, 2.24) is 0 Å². The van der Waals surface area contributed by atoms with Gasteiger partial charge in [0.1, 0.15) is 22.9 Å². The Balaban J connectivity index is 2.47. The first-order chi connectivity index (χ1) is 13.6. The molecule has 12 heteroatoms. The molecule has 2 rings (SSSR count). The maximum absolute atomic E-state index is 13.7. The van der Waals surface area contributed by atoms with Gasteiger partial charge in [-0.25, -0.2) is 30.4 Å². The lowest BCUT2D eigenvalue weighted by Gasteiger charge is -2.13. The number of hydrogen-bond donors (Lipinski definition) is 1. The van der Waals surface area contributed by atoms with E-state index in [9.17, 15) is 30.4 Å². The Labute approximate surface area is 162 Å². The van der Waals surface area contributed by atoms with Crippen molar-refractivity contribution < 1.29 is 44.6 Å². The largest absolute Gasteiger partial charge is 0.496 e. The lowest BCUT2D eigenvalue weighted by atomic mass is 10.1. The fourth-order valence-electron chi connectivity index (χ4n) is 2.23. The maximum atomic E-state index is 13.7. The number of halogens is 5. The number of hydrogen-bond acceptors (Lipinski definition) is 5. The first-order valence-corrected chi connectivity index (χ1v) is 9.13. The van der Waals surface area contributed by atoms with E-state index in [2.05, 4.69) is 0 Å². The number of ether oxygens (including phenoxy) is 3. The Bertz CT molecular complexity index is 1020. The van der Waals surface area contributed by atoms with Crippen LogP contribution in [0.3, 0.4) is 0 Å². The second-order valence-electron chi connectivity index (χ2n) is 5.34. The van der Waals surface area contributed by atoms with Crippen LogP contribution >= 0.6 is 0 Å². The van der Waals surface area contributed by atoms with Crippen molar-refractivity contribution >= 4 is 21.8 Å². The minimum Gasteiger partial charge on any atom is -0.496 e. The molecule has 0 aliphatic carbocycles. The minimum atomic E-state index is -4.70. The van der Waals surface area contributed by atoms with Crippen molar-refractivity contribution in [1.29, 1.82) is 0 Å². The summed E-state index contributed by atoms with van der Waals surface area (Å²) in [5.74, 6) is -11.0. The third kappa shape index (κ3) is 4.53. The van der Waals surface area contributed by atoms with Crippen molar-refractivity contribution in [3.05, 3.63) is 52.2 Å². The van der Waals surface area contributed by atoms with Crippen LogP contribution in [0.2, 0.25) is 0 Å². The second kappa shape index (κ2) is 8.55. The predicted molar refractivity (Wildman–Crippen MR) is 93.9 cm³/mol. The van der Waals surface area contributed by atoms with Crippen molar-refractivity contribution in [2.24, 2.45) is 0 Å². The summed E-state index contributed by atoms with van der Waals surface area (Å²) in [6, 6.07) is 2.82. The molecular weight excluding hydrogens is 425 g/mol. The highest BCUT2D eigenvalue weighted by molar-refractivity contribution is 7.95. The van der Waals surface area contributed by atoms with Crippen molar-refractivity contribution in [3.8, 4) is 17.2 Å². The Morgan fingerprint density at radius 1 is 0.793 bits per heavy atom. The summed E-state index contributed by atoms with van der Waals surface area (Å²) in [4.78, 5) is 0. The van der Waals surface area contributed by atoms with Gasteiger partial charge in [0.2, 0.25) is 5.82 Å². The molecule has 6 nitrogen and oxygen atoms in total. The van der Waals surface area contributed by atoms with E-state index in [4.69, 9.17) is 14.2 Å².